The van der Waals surface area contributed by atoms with Gasteiger partial charge >= 0.3 is 0 Å². The van der Waals surface area contributed by atoms with Crippen molar-refractivity contribution in [1.29, 1.82) is 0 Å². The van der Waals surface area contributed by atoms with Crippen LogP contribution in [0.2, 0.25) is 0 Å². The van der Waals surface area contributed by atoms with Gasteiger partial charge in [-0.15, -0.1) is 0 Å². The third kappa shape index (κ3) is 6.16. The average molecular weight is 406 g/mol. The largest absolute Gasteiger partial charge is 0.493 e. The Morgan fingerprint density at radius 3 is 2.23 bits per heavy atom. The van der Waals surface area contributed by atoms with Crippen molar-refractivity contribution in [2.45, 2.75) is 58.8 Å². The highest BCUT2D eigenvalue weighted by Crippen LogP contribution is 2.28. The number of benzene rings is 2. The lowest BCUT2D eigenvalue weighted by Crippen LogP contribution is -1.97. The van der Waals surface area contributed by atoms with Crippen LogP contribution in [0, 0.1) is 5.82 Å². The molecule has 0 aliphatic heterocycles. The molecule has 0 radical (unpaired) electrons. The minimum atomic E-state index is -0.262. The number of pyridine rings is 1. The number of aromatic nitrogens is 1. The molecule has 30 heavy (non-hydrogen) atoms. The van der Waals surface area contributed by atoms with E-state index in [1.165, 1.54) is 37.3 Å². The summed E-state index contributed by atoms with van der Waals surface area (Å²) in [5.74, 6) is 0.322. The quantitative estimate of drug-likeness (QED) is 0.303. The maximum Gasteiger partial charge on any atom is 0.134 e. The van der Waals surface area contributed by atoms with Gasteiger partial charge in [0.1, 0.15) is 11.6 Å². The summed E-state index contributed by atoms with van der Waals surface area (Å²) >= 11 is 0. The fraction of sp³-hybridized carbons (Fsp3) is 0.370. The maximum absolute atomic E-state index is 14.6. The van der Waals surface area contributed by atoms with Gasteiger partial charge in [0, 0.05) is 23.4 Å². The van der Waals surface area contributed by atoms with E-state index in [1.807, 2.05) is 36.5 Å². The minimum absolute atomic E-state index is 0.262. The molecule has 0 unspecified atom stereocenters. The van der Waals surface area contributed by atoms with Crippen LogP contribution in [0.15, 0.2) is 60.8 Å². The number of aryl methyl sites for hydroxylation is 1. The Morgan fingerprint density at radius 1 is 0.800 bits per heavy atom. The van der Waals surface area contributed by atoms with Crippen molar-refractivity contribution < 1.29 is 9.13 Å². The smallest absolute Gasteiger partial charge is 0.134 e. The van der Waals surface area contributed by atoms with Crippen molar-refractivity contribution in [3.63, 3.8) is 0 Å². The molecule has 3 aromatic rings. The molecule has 0 amide bonds. The standard InChI is InChI=1S/C27H32FNO/c1-3-5-7-8-9-21-10-17-27(29-20-21)23-13-11-22(12-14-23)25-16-15-24(19-26(25)28)30-18-6-4-2/h10-17,19-20H,3-9,18H2,1-2H3. The summed E-state index contributed by atoms with van der Waals surface area (Å²) in [5.41, 5.74) is 4.70. The van der Waals surface area contributed by atoms with Gasteiger partial charge in [-0.1, -0.05) is 69.9 Å². The Kier molecular flexibility index (Phi) is 8.43. The number of ether oxygens (including phenoxy) is 1. The number of hydrogen-bond donors (Lipinski definition) is 0. The molecule has 158 valence electrons. The van der Waals surface area contributed by atoms with Gasteiger partial charge in [-0.25, -0.2) is 4.39 Å². The van der Waals surface area contributed by atoms with Gasteiger partial charge in [0.2, 0.25) is 0 Å². The second-order valence-corrected chi connectivity index (χ2v) is 7.78. The second-order valence-electron chi connectivity index (χ2n) is 7.78. The van der Waals surface area contributed by atoms with Gasteiger partial charge < -0.3 is 4.74 Å². The van der Waals surface area contributed by atoms with Crippen LogP contribution in [0.25, 0.3) is 22.4 Å². The van der Waals surface area contributed by atoms with Crippen LogP contribution >= 0.6 is 0 Å². The normalized spacial score (nSPS) is 10.9. The van der Waals surface area contributed by atoms with E-state index in [4.69, 9.17) is 4.74 Å². The molecular weight excluding hydrogens is 373 g/mol. The van der Waals surface area contributed by atoms with E-state index in [0.29, 0.717) is 17.9 Å². The van der Waals surface area contributed by atoms with Crippen LogP contribution in [0.1, 0.15) is 57.9 Å². The SMILES string of the molecule is CCCCCCc1ccc(-c2ccc(-c3ccc(OCCCC)cc3F)cc2)nc1. The van der Waals surface area contributed by atoms with Gasteiger partial charge in [0.05, 0.1) is 12.3 Å². The van der Waals surface area contributed by atoms with Crippen molar-refractivity contribution in [2.24, 2.45) is 0 Å². The third-order valence-electron chi connectivity index (χ3n) is 5.34. The van der Waals surface area contributed by atoms with E-state index in [0.717, 1.165) is 36.1 Å². The molecule has 2 aromatic carbocycles. The monoisotopic (exact) mass is 405 g/mol. The molecule has 3 rings (SSSR count). The van der Waals surface area contributed by atoms with Gasteiger partial charge in [-0.2, -0.15) is 0 Å². The van der Waals surface area contributed by atoms with Crippen LogP contribution in [0.3, 0.4) is 0 Å². The number of halogens is 1. The molecule has 0 aliphatic carbocycles. The zero-order chi connectivity index (χ0) is 21.2. The Labute approximate surface area is 180 Å². The first kappa shape index (κ1) is 22.0. The minimum Gasteiger partial charge on any atom is -0.493 e. The highest BCUT2D eigenvalue weighted by atomic mass is 19.1. The lowest BCUT2D eigenvalue weighted by atomic mass is 10.0. The van der Waals surface area contributed by atoms with Crippen molar-refractivity contribution in [3.8, 4) is 28.1 Å². The summed E-state index contributed by atoms with van der Waals surface area (Å²) in [5, 5.41) is 0. The van der Waals surface area contributed by atoms with Crippen LogP contribution in [-0.2, 0) is 6.42 Å². The predicted octanol–water partition coefficient (Wildman–Crippen LogP) is 7.86. The first-order valence-electron chi connectivity index (χ1n) is 11.2. The molecule has 0 saturated heterocycles. The summed E-state index contributed by atoms with van der Waals surface area (Å²) in [6.07, 6.45) is 10.2. The van der Waals surface area contributed by atoms with E-state index in [2.05, 4.69) is 31.0 Å². The lowest BCUT2D eigenvalue weighted by molar-refractivity contribution is 0.308. The molecule has 0 fully saturated rings. The van der Waals surface area contributed by atoms with E-state index in [9.17, 15) is 4.39 Å². The van der Waals surface area contributed by atoms with Crippen LogP contribution in [0.5, 0.6) is 5.75 Å². The maximum atomic E-state index is 14.6. The molecule has 0 bridgehead atoms. The molecule has 0 saturated carbocycles. The summed E-state index contributed by atoms with van der Waals surface area (Å²) in [4.78, 5) is 4.62. The molecule has 0 N–H and O–H groups in total. The molecule has 1 aromatic heterocycles. The number of rotatable bonds is 11. The van der Waals surface area contributed by atoms with Crippen molar-refractivity contribution in [2.75, 3.05) is 6.61 Å². The highest BCUT2D eigenvalue weighted by molar-refractivity contribution is 5.69. The van der Waals surface area contributed by atoms with Gasteiger partial charge in [-0.05, 0) is 48.6 Å². The molecule has 1 heterocycles. The number of nitrogens with zero attached hydrogens (tertiary/aromatic N) is 1. The Balaban J connectivity index is 1.64. The first-order valence-corrected chi connectivity index (χ1v) is 11.2. The zero-order valence-electron chi connectivity index (χ0n) is 18.2. The highest BCUT2D eigenvalue weighted by Gasteiger charge is 2.08. The third-order valence-corrected chi connectivity index (χ3v) is 5.34. The van der Waals surface area contributed by atoms with E-state index < -0.39 is 0 Å². The summed E-state index contributed by atoms with van der Waals surface area (Å²) in [6, 6.07) is 17.2. The zero-order valence-corrected chi connectivity index (χ0v) is 18.2. The second kappa shape index (κ2) is 11.5. The van der Waals surface area contributed by atoms with Gasteiger partial charge in [0.25, 0.3) is 0 Å². The average Bonchev–Trinajstić information content (AvgIpc) is 2.78. The molecule has 2 nitrogen and oxygen atoms in total. The molecule has 0 aliphatic rings. The molecule has 0 spiro atoms. The van der Waals surface area contributed by atoms with Crippen LogP contribution < -0.4 is 4.74 Å². The van der Waals surface area contributed by atoms with Crippen LogP contribution in [0.4, 0.5) is 4.39 Å². The van der Waals surface area contributed by atoms with E-state index >= 15 is 0 Å². The fourth-order valence-electron chi connectivity index (χ4n) is 3.47. The summed E-state index contributed by atoms with van der Waals surface area (Å²) < 4.78 is 20.2. The lowest BCUT2D eigenvalue weighted by Gasteiger charge is -2.09. The Hall–Kier alpha value is -2.68. The molecule has 0 atom stereocenters. The Bertz CT molecular complexity index is 903. The number of hydrogen-bond acceptors (Lipinski definition) is 2. The topological polar surface area (TPSA) is 22.1 Å². The van der Waals surface area contributed by atoms with Gasteiger partial charge in [-0.3, -0.25) is 4.98 Å². The molecule has 3 heteroatoms. The number of unbranched alkanes of at least 4 members (excludes halogenated alkanes) is 4. The van der Waals surface area contributed by atoms with Crippen molar-refractivity contribution >= 4 is 0 Å². The molecular formula is C27H32FNO. The van der Waals surface area contributed by atoms with E-state index in [-0.39, 0.29) is 5.82 Å². The fourth-order valence-corrected chi connectivity index (χ4v) is 3.47. The summed E-state index contributed by atoms with van der Waals surface area (Å²) in [7, 11) is 0. The Morgan fingerprint density at radius 2 is 1.57 bits per heavy atom. The van der Waals surface area contributed by atoms with Gasteiger partial charge in [0.15, 0.2) is 0 Å². The van der Waals surface area contributed by atoms with Crippen molar-refractivity contribution in [3.05, 3.63) is 72.2 Å². The predicted molar refractivity (Wildman–Crippen MR) is 123 cm³/mol. The first-order chi connectivity index (χ1) is 14.7. The summed E-state index contributed by atoms with van der Waals surface area (Å²) in [6.45, 7) is 4.96. The van der Waals surface area contributed by atoms with Crippen molar-refractivity contribution in [1.82, 2.24) is 4.98 Å². The van der Waals surface area contributed by atoms with E-state index in [1.54, 1.807) is 6.07 Å². The van der Waals surface area contributed by atoms with Crippen LogP contribution in [-0.4, -0.2) is 11.6 Å².